The Bertz CT molecular complexity index is 597. The summed E-state index contributed by atoms with van der Waals surface area (Å²) in [6, 6.07) is 5.25. The van der Waals surface area contributed by atoms with Crippen molar-refractivity contribution in [2.75, 3.05) is 0 Å². The van der Waals surface area contributed by atoms with Crippen LogP contribution in [0.15, 0.2) is 18.2 Å². The highest BCUT2D eigenvalue weighted by molar-refractivity contribution is 5.90. The largest absolute Gasteiger partial charge is 0.543 e. The van der Waals surface area contributed by atoms with Gasteiger partial charge in [0.15, 0.2) is 0 Å². The second-order valence-corrected chi connectivity index (χ2v) is 6.60. The van der Waals surface area contributed by atoms with E-state index in [0.29, 0.717) is 17.4 Å². The molecule has 3 atom stereocenters. The Hall–Kier alpha value is -2.08. The summed E-state index contributed by atoms with van der Waals surface area (Å²) in [5.41, 5.74) is 2.12. The van der Waals surface area contributed by atoms with Crippen molar-refractivity contribution in [2.45, 2.75) is 53.1 Å². The van der Waals surface area contributed by atoms with Crippen LogP contribution in [0.2, 0.25) is 0 Å². The Balaban J connectivity index is 1.73. The summed E-state index contributed by atoms with van der Waals surface area (Å²) in [5, 5.41) is 4.26. The van der Waals surface area contributed by atoms with Crippen LogP contribution in [0.4, 0.5) is 4.79 Å². The Labute approximate surface area is 141 Å². The second kappa shape index (κ2) is 8.15. The average Bonchev–Trinajstić information content (AvgIpc) is 2.50. The van der Waals surface area contributed by atoms with Crippen molar-refractivity contribution in [3.05, 3.63) is 34.9 Å². The van der Waals surface area contributed by atoms with E-state index < -0.39 is 12.1 Å². The first-order valence-corrected chi connectivity index (χ1v) is 8.20. The minimum absolute atomic E-state index is 0.192. The first-order chi connectivity index (χ1) is 11.4. The molecule has 0 radical (unpaired) electrons. The molecule has 2 rings (SSSR count). The van der Waals surface area contributed by atoms with Gasteiger partial charge in [-0.15, -0.1) is 0 Å². The number of hydrogen-bond donors (Lipinski definition) is 0. The number of rotatable bonds is 4. The summed E-state index contributed by atoms with van der Waals surface area (Å²) in [6.07, 6.45) is 1.39. The lowest BCUT2D eigenvalue weighted by atomic mass is 9.80. The highest BCUT2D eigenvalue weighted by atomic mass is 17.5. The van der Waals surface area contributed by atoms with Gasteiger partial charge in [0.2, 0.25) is 0 Å². The van der Waals surface area contributed by atoms with Crippen LogP contribution in [0.3, 0.4) is 0 Å². The molecule has 0 spiro atoms. The van der Waals surface area contributed by atoms with Crippen molar-refractivity contribution >= 4 is 12.1 Å². The number of benzene rings is 1. The van der Waals surface area contributed by atoms with E-state index in [4.69, 9.17) is 4.74 Å². The van der Waals surface area contributed by atoms with E-state index >= 15 is 0 Å². The van der Waals surface area contributed by atoms with Crippen LogP contribution >= 0.6 is 0 Å². The Morgan fingerprint density at radius 1 is 1.04 bits per heavy atom. The van der Waals surface area contributed by atoms with Crippen LogP contribution in [0, 0.1) is 25.7 Å². The topological polar surface area (TPSA) is 71.1 Å². The lowest BCUT2D eigenvalue weighted by Gasteiger charge is -2.30. The van der Waals surface area contributed by atoms with Gasteiger partial charge in [0, 0.05) is 0 Å². The van der Waals surface area contributed by atoms with Crippen LogP contribution < -0.4 is 0 Å². The number of hydrogen-bond acceptors (Lipinski definition) is 6. The molecular formula is C18H24O6. The quantitative estimate of drug-likeness (QED) is 0.464. The van der Waals surface area contributed by atoms with Gasteiger partial charge in [0.25, 0.3) is 0 Å². The molecule has 1 aromatic carbocycles. The third kappa shape index (κ3) is 4.96. The van der Waals surface area contributed by atoms with Gasteiger partial charge in [-0.25, -0.2) is 14.5 Å². The van der Waals surface area contributed by atoms with Crippen LogP contribution in [0.1, 0.15) is 54.6 Å². The van der Waals surface area contributed by atoms with Crippen LogP contribution in [-0.2, 0) is 19.6 Å². The zero-order valence-corrected chi connectivity index (χ0v) is 14.5. The highest BCUT2D eigenvalue weighted by Crippen LogP contribution is 2.31. The van der Waals surface area contributed by atoms with Gasteiger partial charge >= 0.3 is 12.1 Å². The van der Waals surface area contributed by atoms with Gasteiger partial charge < -0.3 is 4.74 Å². The third-order valence-corrected chi connectivity index (χ3v) is 4.63. The van der Waals surface area contributed by atoms with E-state index in [-0.39, 0.29) is 6.10 Å². The van der Waals surface area contributed by atoms with Crippen molar-refractivity contribution in [3.63, 3.8) is 0 Å². The molecule has 0 heterocycles. The molecule has 0 amide bonds. The monoisotopic (exact) mass is 336 g/mol. The minimum Gasteiger partial charge on any atom is -0.429 e. The molecule has 1 aliphatic rings. The summed E-state index contributed by atoms with van der Waals surface area (Å²) >= 11 is 0. The molecule has 0 saturated heterocycles. The van der Waals surface area contributed by atoms with E-state index in [0.717, 1.165) is 30.4 Å². The number of carbonyl (C=O) groups excluding carboxylic acids is 2. The lowest BCUT2D eigenvalue weighted by molar-refractivity contribution is -0.453. The molecule has 3 unspecified atom stereocenters. The van der Waals surface area contributed by atoms with Gasteiger partial charge in [0.1, 0.15) is 6.10 Å². The molecule has 24 heavy (non-hydrogen) atoms. The molecule has 1 saturated carbocycles. The predicted octanol–water partition coefficient (Wildman–Crippen LogP) is 4.28. The molecule has 0 aliphatic heterocycles. The normalized spacial score (nSPS) is 23.4. The van der Waals surface area contributed by atoms with Gasteiger partial charge in [-0.2, -0.15) is 0 Å². The van der Waals surface area contributed by atoms with Gasteiger partial charge in [0.05, 0.1) is 10.6 Å². The molecule has 6 nitrogen and oxygen atoms in total. The molecule has 1 fully saturated rings. The molecule has 0 aromatic heterocycles. The number of ether oxygens (including phenoxy) is 1. The fraction of sp³-hybridized carbons (Fsp3) is 0.556. The Kier molecular flexibility index (Phi) is 6.20. The van der Waals surface area contributed by atoms with E-state index in [1.54, 1.807) is 19.1 Å². The van der Waals surface area contributed by atoms with Crippen LogP contribution in [0.5, 0.6) is 0 Å². The molecule has 6 heteroatoms. The summed E-state index contributed by atoms with van der Waals surface area (Å²) in [5.74, 6) is 0.371. The zero-order valence-electron chi connectivity index (χ0n) is 14.5. The van der Waals surface area contributed by atoms with E-state index in [1.165, 1.54) is 0 Å². The van der Waals surface area contributed by atoms with Crippen molar-refractivity contribution in [1.82, 2.24) is 0 Å². The minimum atomic E-state index is -1.00. The fourth-order valence-electron chi connectivity index (χ4n) is 2.92. The smallest absolute Gasteiger partial charge is 0.429 e. The van der Waals surface area contributed by atoms with Crippen molar-refractivity contribution in [1.29, 1.82) is 0 Å². The SMILES string of the molecule is Cc1ccc(C(=O)OOOC(=O)OC2CCC(C)C(C)C2)c(C)c1. The van der Waals surface area contributed by atoms with E-state index in [9.17, 15) is 9.59 Å². The molecule has 0 bridgehead atoms. The molecule has 1 aliphatic carbocycles. The summed E-state index contributed by atoms with van der Waals surface area (Å²) in [7, 11) is 0. The van der Waals surface area contributed by atoms with Crippen molar-refractivity contribution < 1.29 is 29.1 Å². The predicted molar refractivity (Wildman–Crippen MR) is 85.9 cm³/mol. The van der Waals surface area contributed by atoms with Crippen molar-refractivity contribution in [3.8, 4) is 0 Å². The van der Waals surface area contributed by atoms with Crippen LogP contribution in [-0.4, -0.2) is 18.2 Å². The van der Waals surface area contributed by atoms with Crippen molar-refractivity contribution in [2.24, 2.45) is 11.8 Å². The van der Waals surface area contributed by atoms with Crippen LogP contribution in [0.25, 0.3) is 0 Å². The van der Waals surface area contributed by atoms with Gasteiger partial charge in [-0.3, -0.25) is 4.89 Å². The summed E-state index contributed by atoms with van der Waals surface area (Å²) in [4.78, 5) is 32.3. The standard InChI is InChI=1S/C18H24O6/c1-11-5-8-16(14(4)9-11)17(19)22-24-23-18(20)21-15-7-6-12(2)13(3)10-15/h5,8-9,12-13,15H,6-7,10H2,1-4H3. The maximum atomic E-state index is 11.8. The third-order valence-electron chi connectivity index (χ3n) is 4.63. The number of aryl methyl sites for hydroxylation is 2. The molecular weight excluding hydrogens is 312 g/mol. The zero-order chi connectivity index (χ0) is 17.7. The maximum Gasteiger partial charge on any atom is 0.543 e. The molecule has 132 valence electrons. The average molecular weight is 336 g/mol. The lowest BCUT2D eigenvalue weighted by Crippen LogP contribution is -2.29. The summed E-state index contributed by atoms with van der Waals surface area (Å²) < 4.78 is 5.16. The first-order valence-electron chi connectivity index (χ1n) is 8.20. The maximum absolute atomic E-state index is 11.8. The highest BCUT2D eigenvalue weighted by Gasteiger charge is 2.28. The molecule has 0 N–H and O–H groups in total. The Morgan fingerprint density at radius 2 is 1.79 bits per heavy atom. The molecule has 1 aromatic rings. The summed E-state index contributed by atoms with van der Waals surface area (Å²) in [6.45, 7) is 8.02. The first kappa shape index (κ1) is 18.3. The number of carbonyl (C=O) groups is 2. The van der Waals surface area contributed by atoms with E-state index in [1.807, 2.05) is 13.0 Å². The second-order valence-electron chi connectivity index (χ2n) is 6.60. The van der Waals surface area contributed by atoms with E-state index in [2.05, 4.69) is 28.7 Å². The van der Waals surface area contributed by atoms with Gasteiger partial charge in [-0.05, 0) is 56.6 Å². The fourth-order valence-corrected chi connectivity index (χ4v) is 2.92. The van der Waals surface area contributed by atoms with Gasteiger partial charge in [-0.1, -0.05) is 31.5 Å². The Morgan fingerprint density at radius 3 is 2.46 bits per heavy atom.